The third kappa shape index (κ3) is 0.697. The maximum atomic E-state index is 3.81. The first-order valence-electron chi connectivity index (χ1n) is 1.97. The van der Waals surface area contributed by atoms with E-state index in [1.807, 2.05) is 0 Å². The lowest BCUT2D eigenvalue weighted by Gasteiger charge is -1.86. The van der Waals surface area contributed by atoms with Gasteiger partial charge in [-0.05, 0) is 0 Å². The number of hydrogen-bond donors (Lipinski definition) is 1. The molecule has 31 valence electrons. The predicted octanol–water partition coefficient (Wildman–Crippen LogP) is 0.0843. The average Bonchev–Trinajstić information content (AvgIpc) is 1.72. The van der Waals surface area contributed by atoms with Gasteiger partial charge in [-0.3, -0.25) is 5.32 Å². The molecular weight excluding hydrogens is 76.1 g/mol. The quantitative estimate of drug-likeness (QED) is 0.438. The van der Waals surface area contributed by atoms with Crippen molar-refractivity contribution in [3.8, 4) is 6.07 Å². The number of nitrogens with one attached hydrogen (secondary N) is 1. The fourth-order valence-electron chi connectivity index (χ4n) is 0.348. The first kappa shape index (κ1) is 3.63. The van der Waals surface area contributed by atoms with Gasteiger partial charge in [-0.25, -0.2) is 0 Å². The van der Waals surface area contributed by atoms with E-state index in [0.717, 1.165) is 13.1 Å². The van der Waals surface area contributed by atoms with Crippen LogP contribution in [0.3, 0.4) is 0 Å². The summed E-state index contributed by atoms with van der Waals surface area (Å²) in [6.07, 6.45) is 0. The first-order chi connectivity index (χ1) is 3.00. The minimum atomic E-state index is 0.872. The van der Waals surface area contributed by atoms with Crippen LogP contribution in [0.25, 0.3) is 4.85 Å². The Balaban J connectivity index is 2.36. The fraction of sp³-hybridized carbons (Fsp3) is 0.500. The summed E-state index contributed by atoms with van der Waals surface area (Å²) in [7, 11) is 0. The third-order valence-electron chi connectivity index (χ3n) is 0.626. The molecule has 0 atom stereocenters. The zero-order valence-electron chi connectivity index (χ0n) is 3.44. The van der Waals surface area contributed by atoms with Gasteiger partial charge in [0.25, 0.3) is 12.6 Å². The van der Waals surface area contributed by atoms with Crippen molar-refractivity contribution in [2.24, 2.45) is 0 Å². The molecule has 1 N–H and O–H groups in total. The minimum Gasteiger partial charge on any atom is -0.289 e. The third-order valence-corrected chi connectivity index (χ3v) is 0.626. The van der Waals surface area contributed by atoms with Gasteiger partial charge < -0.3 is 0 Å². The van der Waals surface area contributed by atoms with E-state index in [4.69, 9.17) is 0 Å². The van der Waals surface area contributed by atoms with Gasteiger partial charge in [0, 0.05) is 0 Å². The molecule has 0 aromatic rings. The summed E-state index contributed by atoms with van der Waals surface area (Å²) in [5.74, 6) is 0. The first-order valence-corrected chi connectivity index (χ1v) is 1.97. The Bertz CT molecular complexity index is 77.5. The maximum absolute atomic E-state index is 3.81. The molecule has 0 saturated carbocycles. The summed E-state index contributed by atoms with van der Waals surface area (Å²) >= 11 is 0. The normalized spacial score (nSPS) is 18.7. The van der Waals surface area contributed by atoms with Crippen LogP contribution < -0.4 is 5.32 Å². The van der Waals surface area contributed by atoms with Gasteiger partial charge in [0.1, 0.15) is 0 Å². The van der Waals surface area contributed by atoms with E-state index < -0.39 is 0 Å². The van der Waals surface area contributed by atoms with Crippen molar-refractivity contribution < 1.29 is 0 Å². The van der Waals surface area contributed by atoms with E-state index >= 15 is 0 Å². The lowest BCUT2D eigenvalue weighted by molar-refractivity contribution is 0.841. The molecule has 1 heterocycles. The van der Waals surface area contributed by atoms with Crippen LogP contribution in [-0.4, -0.2) is 13.1 Å². The number of hydrogen-bond acceptors (Lipinski definition) is 1. The van der Waals surface area contributed by atoms with E-state index in [0.29, 0.717) is 0 Å². The second kappa shape index (κ2) is 1.78. The zero-order chi connectivity index (χ0) is 4.24. The van der Waals surface area contributed by atoms with Crippen molar-refractivity contribution in [3.05, 3.63) is 11.4 Å². The second-order valence-corrected chi connectivity index (χ2v) is 1.11. The Morgan fingerprint density at radius 1 is 1.83 bits per heavy atom. The van der Waals surface area contributed by atoms with Crippen molar-refractivity contribution in [2.75, 3.05) is 13.1 Å². The van der Waals surface area contributed by atoms with Crippen LogP contribution in [0.1, 0.15) is 0 Å². The summed E-state index contributed by atoms with van der Waals surface area (Å²) in [5, 5.41) is 2.95. The summed E-state index contributed by atoms with van der Waals surface area (Å²) in [5.41, 5.74) is 0. The summed E-state index contributed by atoms with van der Waals surface area (Å²) in [6, 6.07) is 2.67. The molecule has 1 rings (SSSR count). The van der Waals surface area contributed by atoms with E-state index in [2.05, 4.69) is 16.2 Å². The molecule has 1 radical (unpaired) electrons. The summed E-state index contributed by atoms with van der Waals surface area (Å²) < 4.78 is 0. The highest BCUT2D eigenvalue weighted by Gasteiger charge is 1.97. The molecule has 2 heteroatoms. The SMILES string of the molecule is C1#[N+]CCN[CH]1. The van der Waals surface area contributed by atoms with Crippen molar-refractivity contribution >= 4 is 0 Å². The molecule has 0 spiro atoms. The Kier molecular flexibility index (Phi) is 1.08. The summed E-state index contributed by atoms with van der Waals surface area (Å²) in [4.78, 5) is 3.81. The smallest absolute Gasteiger partial charge is 0.289 e. The average molecular weight is 82.1 g/mol. The molecule has 6 heavy (non-hydrogen) atoms. The largest absolute Gasteiger partial charge is 0.295 e. The molecule has 2 nitrogen and oxygen atoms in total. The topological polar surface area (TPSA) is 16.4 Å². The van der Waals surface area contributed by atoms with Gasteiger partial charge in [0.05, 0.1) is 6.54 Å². The molecule has 0 aliphatic carbocycles. The monoisotopic (exact) mass is 82.1 g/mol. The van der Waals surface area contributed by atoms with Crippen LogP contribution in [0.15, 0.2) is 0 Å². The van der Waals surface area contributed by atoms with Gasteiger partial charge in [0.15, 0.2) is 6.54 Å². The van der Waals surface area contributed by atoms with Gasteiger partial charge in [-0.2, -0.15) is 0 Å². The number of nitrogens with zero attached hydrogens (tertiary/aromatic N) is 1. The van der Waals surface area contributed by atoms with E-state index in [1.54, 1.807) is 6.54 Å². The lowest BCUT2D eigenvalue weighted by atomic mass is 10.5. The fourth-order valence-corrected chi connectivity index (χ4v) is 0.348. The molecule has 1 aliphatic heterocycles. The van der Waals surface area contributed by atoms with Crippen LogP contribution >= 0.6 is 0 Å². The van der Waals surface area contributed by atoms with Gasteiger partial charge in [-0.1, -0.05) is 4.85 Å². The molecule has 0 amide bonds. The standard InChI is InChI=1S/C4H6N2/c1-2-6-4-3-5-1/h1,5H,3-4H2/q+1. The summed E-state index contributed by atoms with van der Waals surface area (Å²) in [6.45, 7) is 3.56. The van der Waals surface area contributed by atoms with E-state index in [9.17, 15) is 0 Å². The van der Waals surface area contributed by atoms with Crippen LogP contribution in [-0.2, 0) is 0 Å². The Morgan fingerprint density at radius 3 is 3.00 bits per heavy atom. The van der Waals surface area contributed by atoms with Crippen LogP contribution in [0.2, 0.25) is 0 Å². The molecular formula is C4H6N2+. The molecule has 0 aromatic carbocycles. The van der Waals surface area contributed by atoms with Gasteiger partial charge in [0.2, 0.25) is 0 Å². The molecule has 0 bridgehead atoms. The van der Waals surface area contributed by atoms with Crippen molar-refractivity contribution in [1.82, 2.24) is 5.32 Å². The highest BCUT2D eigenvalue weighted by molar-refractivity contribution is 5.03. The highest BCUT2D eigenvalue weighted by atomic mass is 14.9. The minimum absolute atomic E-state index is 0.872. The molecule has 0 saturated heterocycles. The van der Waals surface area contributed by atoms with Crippen molar-refractivity contribution in [2.45, 2.75) is 0 Å². The predicted molar refractivity (Wildman–Crippen MR) is 24.4 cm³/mol. The Labute approximate surface area is 37.0 Å². The zero-order valence-corrected chi connectivity index (χ0v) is 3.44. The Morgan fingerprint density at radius 2 is 2.83 bits per heavy atom. The second-order valence-electron chi connectivity index (χ2n) is 1.11. The number of rotatable bonds is 0. The van der Waals surface area contributed by atoms with Gasteiger partial charge in [-0.15, -0.1) is 0 Å². The lowest BCUT2D eigenvalue weighted by Crippen LogP contribution is -2.15. The molecule has 1 aliphatic rings. The molecule has 0 fully saturated rings. The van der Waals surface area contributed by atoms with E-state index in [1.165, 1.54) is 0 Å². The Hall–Kier alpha value is -0.550. The van der Waals surface area contributed by atoms with Gasteiger partial charge >= 0.3 is 0 Å². The highest BCUT2D eigenvalue weighted by Crippen LogP contribution is 1.76. The van der Waals surface area contributed by atoms with Crippen LogP contribution in [0.4, 0.5) is 0 Å². The van der Waals surface area contributed by atoms with Crippen molar-refractivity contribution in [3.63, 3.8) is 0 Å². The van der Waals surface area contributed by atoms with E-state index in [-0.39, 0.29) is 0 Å². The van der Waals surface area contributed by atoms with Crippen molar-refractivity contribution in [1.29, 1.82) is 0 Å². The van der Waals surface area contributed by atoms with Crippen LogP contribution in [0, 0.1) is 12.6 Å². The molecule has 0 aromatic heterocycles. The maximum Gasteiger partial charge on any atom is 0.295 e. The van der Waals surface area contributed by atoms with Crippen LogP contribution in [0.5, 0.6) is 0 Å². The molecule has 0 unspecified atom stereocenters.